The lowest BCUT2D eigenvalue weighted by Gasteiger charge is -2.29. The first-order valence-electron chi connectivity index (χ1n) is 8.54. The number of hydrogen-bond donors (Lipinski definition) is 1. The van der Waals surface area contributed by atoms with Gasteiger partial charge in [-0.05, 0) is 51.0 Å². The van der Waals surface area contributed by atoms with Gasteiger partial charge in [0.05, 0.1) is 11.9 Å². The van der Waals surface area contributed by atoms with E-state index in [1.54, 1.807) is 19.9 Å². The number of fused-ring (bicyclic) bond motifs is 1. The highest BCUT2D eigenvalue weighted by molar-refractivity contribution is 5.90. The minimum Gasteiger partial charge on any atom is -0.480 e. The largest absolute Gasteiger partial charge is 0.480 e. The average molecular weight is 358 g/mol. The standard InChI is InChI=1S/C19H22N2O5/c1-10-7-14(17-11(2)12(3)19(24)26-15(17)8-10)25-13(4)18(23)21-6-5-20-16(22)9-21/h7-8,13H,5-6,9H2,1-4H3,(H,20,22). The van der Waals surface area contributed by atoms with E-state index in [1.807, 2.05) is 19.9 Å². The van der Waals surface area contributed by atoms with Gasteiger partial charge in [-0.15, -0.1) is 0 Å². The van der Waals surface area contributed by atoms with Crippen LogP contribution in [0, 0.1) is 20.8 Å². The zero-order chi connectivity index (χ0) is 19.0. The summed E-state index contributed by atoms with van der Waals surface area (Å²) >= 11 is 0. The predicted octanol–water partition coefficient (Wildman–Crippen LogP) is 1.44. The van der Waals surface area contributed by atoms with Crippen molar-refractivity contribution >= 4 is 22.8 Å². The van der Waals surface area contributed by atoms with Gasteiger partial charge in [0.1, 0.15) is 11.3 Å². The molecule has 1 aromatic heterocycles. The van der Waals surface area contributed by atoms with Crippen LogP contribution >= 0.6 is 0 Å². The molecule has 0 saturated carbocycles. The Bertz CT molecular complexity index is 947. The lowest BCUT2D eigenvalue weighted by Crippen LogP contribution is -2.53. The molecule has 138 valence electrons. The fraction of sp³-hybridized carbons (Fsp3) is 0.421. The molecule has 1 atom stereocenters. The van der Waals surface area contributed by atoms with Crippen molar-refractivity contribution < 1.29 is 18.7 Å². The molecule has 3 rings (SSSR count). The minimum absolute atomic E-state index is 0.0358. The van der Waals surface area contributed by atoms with Gasteiger partial charge in [0.15, 0.2) is 6.10 Å². The SMILES string of the molecule is Cc1cc(OC(C)C(=O)N2CCNC(=O)C2)c2c(C)c(C)c(=O)oc2c1. The molecule has 26 heavy (non-hydrogen) atoms. The molecule has 7 heteroatoms. The lowest BCUT2D eigenvalue weighted by atomic mass is 10.0. The van der Waals surface area contributed by atoms with Crippen molar-refractivity contribution in [3.8, 4) is 5.75 Å². The molecular weight excluding hydrogens is 336 g/mol. The van der Waals surface area contributed by atoms with E-state index in [4.69, 9.17) is 9.15 Å². The maximum absolute atomic E-state index is 12.6. The third kappa shape index (κ3) is 3.29. The summed E-state index contributed by atoms with van der Waals surface area (Å²) < 4.78 is 11.3. The number of ether oxygens (including phenoxy) is 1. The van der Waals surface area contributed by atoms with E-state index in [0.29, 0.717) is 35.4 Å². The van der Waals surface area contributed by atoms with Crippen LogP contribution in [0.1, 0.15) is 23.6 Å². The van der Waals surface area contributed by atoms with Crippen molar-refractivity contribution in [1.82, 2.24) is 10.2 Å². The van der Waals surface area contributed by atoms with Gasteiger partial charge in [-0.1, -0.05) is 0 Å². The molecule has 1 aliphatic heterocycles. The first-order chi connectivity index (χ1) is 12.3. The van der Waals surface area contributed by atoms with Gasteiger partial charge in [0.2, 0.25) is 5.91 Å². The number of rotatable bonds is 3. The van der Waals surface area contributed by atoms with E-state index in [-0.39, 0.29) is 24.0 Å². The number of hydrogen-bond acceptors (Lipinski definition) is 5. The monoisotopic (exact) mass is 358 g/mol. The van der Waals surface area contributed by atoms with Crippen LogP contribution in [-0.4, -0.2) is 42.5 Å². The number of amides is 2. The maximum atomic E-state index is 12.6. The molecule has 1 aliphatic rings. The van der Waals surface area contributed by atoms with Crippen molar-refractivity contribution in [2.45, 2.75) is 33.8 Å². The molecule has 2 aromatic rings. The molecule has 1 saturated heterocycles. The van der Waals surface area contributed by atoms with Crippen molar-refractivity contribution in [3.05, 3.63) is 39.2 Å². The Kier molecular flexibility index (Phi) is 4.71. The third-order valence-corrected chi connectivity index (χ3v) is 4.66. The van der Waals surface area contributed by atoms with E-state index in [9.17, 15) is 14.4 Å². The Labute approximate surface area is 150 Å². The van der Waals surface area contributed by atoms with Crippen LogP contribution in [0.25, 0.3) is 11.0 Å². The molecule has 2 heterocycles. The van der Waals surface area contributed by atoms with Crippen molar-refractivity contribution in [2.24, 2.45) is 0 Å². The zero-order valence-corrected chi connectivity index (χ0v) is 15.3. The quantitative estimate of drug-likeness (QED) is 0.839. The molecule has 1 aromatic carbocycles. The first kappa shape index (κ1) is 18.0. The molecule has 1 fully saturated rings. The number of carbonyl (C=O) groups excluding carboxylic acids is 2. The van der Waals surface area contributed by atoms with Crippen molar-refractivity contribution in [1.29, 1.82) is 0 Å². The van der Waals surface area contributed by atoms with Crippen molar-refractivity contribution in [3.63, 3.8) is 0 Å². The normalized spacial score (nSPS) is 15.7. The Morgan fingerprint density at radius 2 is 1.96 bits per heavy atom. The average Bonchev–Trinajstić information content (AvgIpc) is 2.58. The summed E-state index contributed by atoms with van der Waals surface area (Å²) in [5.41, 5.74) is 2.19. The zero-order valence-electron chi connectivity index (χ0n) is 15.3. The molecule has 2 amide bonds. The fourth-order valence-electron chi connectivity index (χ4n) is 3.11. The second-order valence-electron chi connectivity index (χ2n) is 6.65. The minimum atomic E-state index is -0.766. The number of nitrogens with one attached hydrogen (secondary N) is 1. The Morgan fingerprint density at radius 3 is 2.65 bits per heavy atom. The predicted molar refractivity (Wildman–Crippen MR) is 96.4 cm³/mol. The summed E-state index contributed by atoms with van der Waals surface area (Å²) in [6.07, 6.45) is -0.766. The van der Waals surface area contributed by atoms with Gasteiger partial charge in [-0.25, -0.2) is 4.79 Å². The maximum Gasteiger partial charge on any atom is 0.339 e. The van der Waals surface area contributed by atoms with E-state index in [2.05, 4.69) is 5.32 Å². The van der Waals surface area contributed by atoms with Crippen LogP contribution in [0.15, 0.2) is 21.3 Å². The van der Waals surface area contributed by atoms with E-state index < -0.39 is 6.10 Å². The van der Waals surface area contributed by atoms with Gasteiger partial charge < -0.3 is 19.4 Å². The highest BCUT2D eigenvalue weighted by Crippen LogP contribution is 2.31. The van der Waals surface area contributed by atoms with E-state index in [0.717, 1.165) is 11.1 Å². The highest BCUT2D eigenvalue weighted by atomic mass is 16.5. The van der Waals surface area contributed by atoms with Crippen LogP contribution in [-0.2, 0) is 9.59 Å². The molecule has 0 bridgehead atoms. The molecular formula is C19H22N2O5. The molecule has 0 aliphatic carbocycles. The highest BCUT2D eigenvalue weighted by Gasteiger charge is 2.27. The summed E-state index contributed by atoms with van der Waals surface area (Å²) in [7, 11) is 0. The summed E-state index contributed by atoms with van der Waals surface area (Å²) in [6.45, 7) is 7.98. The number of carbonyl (C=O) groups is 2. The van der Waals surface area contributed by atoms with Gasteiger partial charge in [-0.3, -0.25) is 9.59 Å². The first-order valence-corrected chi connectivity index (χ1v) is 8.54. The number of nitrogens with zero attached hydrogens (tertiary/aromatic N) is 1. The van der Waals surface area contributed by atoms with Gasteiger partial charge in [-0.2, -0.15) is 0 Å². The van der Waals surface area contributed by atoms with E-state index >= 15 is 0 Å². The molecule has 0 spiro atoms. The lowest BCUT2D eigenvalue weighted by molar-refractivity contribution is -0.143. The van der Waals surface area contributed by atoms with Crippen LogP contribution in [0.3, 0.4) is 0 Å². The summed E-state index contributed by atoms with van der Waals surface area (Å²) in [4.78, 5) is 37.6. The summed E-state index contributed by atoms with van der Waals surface area (Å²) in [5, 5.41) is 3.37. The summed E-state index contributed by atoms with van der Waals surface area (Å²) in [6, 6.07) is 3.60. The van der Waals surface area contributed by atoms with Gasteiger partial charge in [0, 0.05) is 18.7 Å². The fourth-order valence-corrected chi connectivity index (χ4v) is 3.11. The van der Waals surface area contributed by atoms with E-state index in [1.165, 1.54) is 4.90 Å². The van der Waals surface area contributed by atoms with Crippen LogP contribution in [0.2, 0.25) is 0 Å². The number of aryl methyl sites for hydroxylation is 2. The number of benzene rings is 1. The molecule has 1 N–H and O–H groups in total. The molecule has 7 nitrogen and oxygen atoms in total. The van der Waals surface area contributed by atoms with Gasteiger partial charge >= 0.3 is 5.63 Å². The molecule has 0 radical (unpaired) electrons. The van der Waals surface area contributed by atoms with Crippen LogP contribution in [0.4, 0.5) is 0 Å². The van der Waals surface area contributed by atoms with Gasteiger partial charge in [0.25, 0.3) is 5.91 Å². The second-order valence-corrected chi connectivity index (χ2v) is 6.65. The Hall–Kier alpha value is -2.83. The Balaban J connectivity index is 1.95. The molecule has 1 unspecified atom stereocenters. The smallest absolute Gasteiger partial charge is 0.339 e. The van der Waals surface area contributed by atoms with Crippen LogP contribution in [0.5, 0.6) is 5.75 Å². The Morgan fingerprint density at radius 1 is 1.23 bits per heavy atom. The number of piperazine rings is 1. The topological polar surface area (TPSA) is 88.9 Å². The van der Waals surface area contributed by atoms with Crippen LogP contribution < -0.4 is 15.7 Å². The van der Waals surface area contributed by atoms with Crippen molar-refractivity contribution in [2.75, 3.05) is 19.6 Å². The second kappa shape index (κ2) is 6.82. The summed E-state index contributed by atoms with van der Waals surface area (Å²) in [5.74, 6) is 0.0685. The third-order valence-electron chi connectivity index (χ3n) is 4.66.